The zero-order valence-corrected chi connectivity index (χ0v) is 15.9. The summed E-state index contributed by atoms with van der Waals surface area (Å²) in [6, 6.07) is 0. The topological polar surface area (TPSA) is 105 Å². The Hall–Kier alpha value is -2.64. The Kier molecular flexibility index (Phi) is 13.1. The Morgan fingerprint density at radius 1 is 0.778 bits per heavy atom. The number of carbonyl (C=O) groups excluding carboxylic acids is 4. The van der Waals surface area contributed by atoms with Crippen LogP contribution in [0.15, 0.2) is 25.3 Å². The van der Waals surface area contributed by atoms with Gasteiger partial charge in [-0.25, -0.2) is 9.59 Å². The smallest absolute Gasteiger partial charge is 0.330 e. The summed E-state index contributed by atoms with van der Waals surface area (Å²) in [6.07, 6.45) is 2.32. The van der Waals surface area contributed by atoms with Gasteiger partial charge in [0.1, 0.15) is 25.4 Å². The Balaban J connectivity index is 3.99. The van der Waals surface area contributed by atoms with Gasteiger partial charge in [-0.1, -0.05) is 27.0 Å². The van der Waals surface area contributed by atoms with E-state index >= 15 is 0 Å². The third-order valence-corrected chi connectivity index (χ3v) is 3.43. The van der Waals surface area contributed by atoms with Gasteiger partial charge >= 0.3 is 23.9 Å². The summed E-state index contributed by atoms with van der Waals surface area (Å²) in [5.41, 5.74) is 0. The van der Waals surface area contributed by atoms with Gasteiger partial charge in [0.25, 0.3) is 0 Å². The molecule has 2 unspecified atom stereocenters. The third kappa shape index (κ3) is 12.4. The van der Waals surface area contributed by atoms with E-state index in [1.54, 1.807) is 13.8 Å². The first-order chi connectivity index (χ1) is 12.9. The highest BCUT2D eigenvalue weighted by Crippen LogP contribution is 2.06. The van der Waals surface area contributed by atoms with Gasteiger partial charge in [-0.3, -0.25) is 9.59 Å². The first kappa shape index (κ1) is 24.4. The van der Waals surface area contributed by atoms with Gasteiger partial charge in [-0.2, -0.15) is 0 Å². The van der Waals surface area contributed by atoms with Crippen molar-refractivity contribution >= 4 is 23.9 Å². The van der Waals surface area contributed by atoms with Crippen LogP contribution in [0.5, 0.6) is 0 Å². The maximum absolute atomic E-state index is 11.7. The van der Waals surface area contributed by atoms with Crippen molar-refractivity contribution in [1.82, 2.24) is 0 Å². The molecule has 27 heavy (non-hydrogen) atoms. The van der Waals surface area contributed by atoms with E-state index in [9.17, 15) is 19.2 Å². The van der Waals surface area contributed by atoms with Crippen molar-refractivity contribution in [3.8, 4) is 0 Å². The SMILES string of the molecule is C=CC(=O)OC(CC)COC(=O)CCCC(=O)OCC(CC)OC(=O)C=C. The molecule has 0 radical (unpaired) electrons. The molecule has 0 bridgehead atoms. The maximum atomic E-state index is 11.7. The second-order valence-electron chi connectivity index (χ2n) is 5.56. The molecule has 0 saturated carbocycles. The molecule has 0 rings (SSSR count). The maximum Gasteiger partial charge on any atom is 0.330 e. The molecule has 0 aromatic heterocycles. The van der Waals surface area contributed by atoms with Crippen LogP contribution in [-0.2, 0) is 38.1 Å². The molecule has 0 fully saturated rings. The minimum atomic E-state index is -0.579. The number of esters is 4. The average Bonchev–Trinajstić information content (AvgIpc) is 2.67. The van der Waals surface area contributed by atoms with Crippen molar-refractivity contribution in [2.75, 3.05) is 13.2 Å². The van der Waals surface area contributed by atoms with E-state index in [0.717, 1.165) is 12.2 Å². The van der Waals surface area contributed by atoms with Gasteiger partial charge in [-0.05, 0) is 19.3 Å². The molecule has 8 nitrogen and oxygen atoms in total. The minimum absolute atomic E-state index is 0.0313. The van der Waals surface area contributed by atoms with Gasteiger partial charge in [0.2, 0.25) is 0 Å². The summed E-state index contributed by atoms with van der Waals surface area (Å²) < 4.78 is 20.0. The van der Waals surface area contributed by atoms with Crippen LogP contribution in [-0.4, -0.2) is 49.3 Å². The second-order valence-corrected chi connectivity index (χ2v) is 5.56. The summed E-state index contributed by atoms with van der Waals surface area (Å²) in [4.78, 5) is 45.6. The van der Waals surface area contributed by atoms with Gasteiger partial charge in [-0.15, -0.1) is 0 Å². The van der Waals surface area contributed by atoms with E-state index in [4.69, 9.17) is 18.9 Å². The molecule has 0 amide bonds. The molecular formula is C19H28O8. The molecule has 8 heteroatoms. The molecule has 0 saturated heterocycles. The molecule has 2 atom stereocenters. The molecule has 0 aliphatic rings. The van der Waals surface area contributed by atoms with E-state index in [2.05, 4.69) is 13.2 Å². The highest BCUT2D eigenvalue weighted by atomic mass is 16.6. The van der Waals surface area contributed by atoms with Gasteiger partial charge in [0, 0.05) is 25.0 Å². The van der Waals surface area contributed by atoms with Crippen molar-refractivity contribution in [2.24, 2.45) is 0 Å². The molecule has 0 N–H and O–H groups in total. The van der Waals surface area contributed by atoms with Crippen LogP contribution in [0.2, 0.25) is 0 Å². The van der Waals surface area contributed by atoms with Crippen molar-refractivity contribution in [2.45, 2.75) is 58.2 Å². The second kappa shape index (κ2) is 14.5. The molecular weight excluding hydrogens is 356 g/mol. The molecule has 0 aliphatic heterocycles. The van der Waals surface area contributed by atoms with E-state index < -0.39 is 36.1 Å². The Labute approximate surface area is 159 Å². The molecule has 0 spiro atoms. The molecule has 0 aliphatic carbocycles. The third-order valence-electron chi connectivity index (χ3n) is 3.43. The lowest BCUT2D eigenvalue weighted by Crippen LogP contribution is -2.24. The number of carbonyl (C=O) groups is 4. The normalized spacial score (nSPS) is 12.2. The fourth-order valence-corrected chi connectivity index (χ4v) is 1.79. The van der Waals surface area contributed by atoms with Crippen LogP contribution in [0.25, 0.3) is 0 Å². The summed E-state index contributed by atoms with van der Waals surface area (Å²) in [5.74, 6) is -2.15. The van der Waals surface area contributed by atoms with Crippen LogP contribution < -0.4 is 0 Å². The zero-order valence-electron chi connectivity index (χ0n) is 15.9. The van der Waals surface area contributed by atoms with Crippen molar-refractivity contribution in [1.29, 1.82) is 0 Å². The minimum Gasteiger partial charge on any atom is -0.462 e. The average molecular weight is 384 g/mol. The van der Waals surface area contributed by atoms with Crippen LogP contribution in [0, 0.1) is 0 Å². The lowest BCUT2D eigenvalue weighted by atomic mass is 10.2. The standard InChI is InChI=1S/C19H28O8/c1-5-14(26-16(20)7-3)12-24-18(22)10-9-11-19(23)25-13-15(6-2)27-17(21)8-4/h7-8,14-15H,3-6,9-13H2,1-2H3. The van der Waals surface area contributed by atoms with Crippen molar-refractivity contribution < 1.29 is 38.1 Å². The van der Waals surface area contributed by atoms with Crippen LogP contribution in [0.4, 0.5) is 0 Å². The quantitative estimate of drug-likeness (QED) is 0.255. The van der Waals surface area contributed by atoms with E-state index in [0.29, 0.717) is 12.8 Å². The summed E-state index contributed by atoms with van der Waals surface area (Å²) in [7, 11) is 0. The van der Waals surface area contributed by atoms with Crippen LogP contribution in [0.3, 0.4) is 0 Å². The van der Waals surface area contributed by atoms with Crippen LogP contribution >= 0.6 is 0 Å². The Bertz CT molecular complexity index is 480. The van der Waals surface area contributed by atoms with E-state index in [1.807, 2.05) is 0 Å². The lowest BCUT2D eigenvalue weighted by Gasteiger charge is -2.15. The fourth-order valence-electron chi connectivity index (χ4n) is 1.79. The first-order valence-corrected chi connectivity index (χ1v) is 8.83. The van der Waals surface area contributed by atoms with Crippen molar-refractivity contribution in [3.63, 3.8) is 0 Å². The highest BCUT2D eigenvalue weighted by Gasteiger charge is 2.16. The lowest BCUT2D eigenvalue weighted by molar-refractivity contribution is -0.157. The highest BCUT2D eigenvalue weighted by molar-refractivity contribution is 5.81. The molecule has 0 aromatic carbocycles. The van der Waals surface area contributed by atoms with Crippen LogP contribution in [0.1, 0.15) is 46.0 Å². The number of hydrogen-bond acceptors (Lipinski definition) is 8. The van der Waals surface area contributed by atoms with Crippen molar-refractivity contribution in [3.05, 3.63) is 25.3 Å². The van der Waals surface area contributed by atoms with Gasteiger partial charge in [0.15, 0.2) is 0 Å². The van der Waals surface area contributed by atoms with E-state index in [-0.39, 0.29) is 32.5 Å². The molecule has 0 aromatic rings. The predicted molar refractivity (Wildman–Crippen MR) is 96.5 cm³/mol. The van der Waals surface area contributed by atoms with E-state index in [1.165, 1.54) is 0 Å². The number of hydrogen-bond donors (Lipinski definition) is 0. The predicted octanol–water partition coefficient (Wildman–Crippen LogP) is 2.26. The largest absolute Gasteiger partial charge is 0.462 e. The summed E-state index contributed by atoms with van der Waals surface area (Å²) >= 11 is 0. The monoisotopic (exact) mass is 384 g/mol. The summed E-state index contributed by atoms with van der Waals surface area (Å²) in [5, 5.41) is 0. The fraction of sp³-hybridized carbons (Fsp3) is 0.579. The Morgan fingerprint density at radius 3 is 1.44 bits per heavy atom. The summed E-state index contributed by atoms with van der Waals surface area (Å²) in [6.45, 7) is 10.1. The number of rotatable bonds is 14. The Morgan fingerprint density at radius 2 is 1.15 bits per heavy atom. The first-order valence-electron chi connectivity index (χ1n) is 8.83. The van der Waals surface area contributed by atoms with Gasteiger partial charge < -0.3 is 18.9 Å². The zero-order chi connectivity index (χ0) is 20.7. The molecule has 152 valence electrons. The number of ether oxygens (including phenoxy) is 4. The van der Waals surface area contributed by atoms with Gasteiger partial charge in [0.05, 0.1) is 0 Å². The molecule has 0 heterocycles.